The van der Waals surface area contributed by atoms with E-state index >= 15 is 0 Å². The quantitative estimate of drug-likeness (QED) is 0.815. The smallest absolute Gasteiger partial charge is 0.244 e. The Balaban J connectivity index is 2.00. The maximum Gasteiger partial charge on any atom is 0.244 e. The minimum atomic E-state index is -0.805. The molecule has 104 valence electrons. The molecule has 1 saturated carbocycles. The summed E-state index contributed by atoms with van der Waals surface area (Å²) in [6, 6.07) is 0. The van der Waals surface area contributed by atoms with Gasteiger partial charge in [-0.2, -0.15) is 0 Å². The largest absolute Gasteiger partial charge is 0.325 e. The topological polar surface area (TPSA) is 49.4 Å². The molecule has 4 nitrogen and oxygen atoms in total. The van der Waals surface area contributed by atoms with Crippen molar-refractivity contribution in [2.45, 2.75) is 57.0 Å². The summed E-state index contributed by atoms with van der Waals surface area (Å²) >= 11 is 0. The summed E-state index contributed by atoms with van der Waals surface area (Å²) in [6.07, 6.45) is 4.64. The van der Waals surface area contributed by atoms with Crippen molar-refractivity contribution in [1.29, 1.82) is 0 Å². The molecule has 0 aromatic heterocycles. The number of rotatable bonds is 5. The van der Waals surface area contributed by atoms with Crippen molar-refractivity contribution in [1.82, 2.24) is 10.2 Å². The molecule has 1 spiro atoms. The van der Waals surface area contributed by atoms with E-state index in [1.54, 1.807) is 6.26 Å². The van der Waals surface area contributed by atoms with E-state index in [9.17, 15) is 9.00 Å². The lowest BCUT2D eigenvalue weighted by Gasteiger charge is -2.27. The lowest BCUT2D eigenvalue weighted by molar-refractivity contribution is -0.131. The van der Waals surface area contributed by atoms with Gasteiger partial charge in [0.15, 0.2) is 0 Å². The molecule has 0 aromatic carbocycles. The highest BCUT2D eigenvalue weighted by Gasteiger charge is 2.59. The molecule has 1 aliphatic carbocycles. The first-order chi connectivity index (χ1) is 8.37. The number of nitrogens with one attached hydrogen (secondary N) is 1. The summed E-state index contributed by atoms with van der Waals surface area (Å²) in [5, 5.41) is 3.65. The Hall–Kier alpha value is -0.420. The predicted molar refractivity (Wildman–Crippen MR) is 73.6 cm³/mol. The molecule has 1 N–H and O–H groups in total. The zero-order chi connectivity index (χ0) is 13.5. The first-order valence-electron chi connectivity index (χ1n) is 6.78. The lowest BCUT2D eigenvalue weighted by Crippen LogP contribution is -2.42. The number of nitrogens with zero attached hydrogens (tertiary/aromatic N) is 1. The first-order valence-corrected chi connectivity index (χ1v) is 8.40. The Morgan fingerprint density at radius 2 is 2.06 bits per heavy atom. The maximum atomic E-state index is 12.4. The van der Waals surface area contributed by atoms with E-state index in [-0.39, 0.29) is 22.9 Å². The second kappa shape index (κ2) is 4.93. The van der Waals surface area contributed by atoms with E-state index in [2.05, 4.69) is 19.2 Å². The Labute approximate surface area is 112 Å². The minimum Gasteiger partial charge on any atom is -0.325 e. The zero-order valence-electron chi connectivity index (χ0n) is 11.7. The number of carbonyl (C=O) groups excluding carboxylic acids is 1. The van der Waals surface area contributed by atoms with E-state index in [4.69, 9.17) is 0 Å². The summed E-state index contributed by atoms with van der Waals surface area (Å²) in [6.45, 7) is 6.99. The molecule has 1 amide bonds. The monoisotopic (exact) mass is 272 g/mol. The van der Waals surface area contributed by atoms with Gasteiger partial charge in [0.05, 0.1) is 11.7 Å². The Kier molecular flexibility index (Phi) is 3.83. The van der Waals surface area contributed by atoms with E-state index in [0.717, 1.165) is 25.8 Å². The van der Waals surface area contributed by atoms with E-state index in [0.29, 0.717) is 5.92 Å². The maximum absolute atomic E-state index is 12.4. The molecular formula is C13H24N2O2S. The van der Waals surface area contributed by atoms with Gasteiger partial charge in [-0.25, -0.2) is 0 Å². The molecule has 2 rings (SSSR count). The predicted octanol–water partition coefficient (Wildman–Crippen LogP) is 1.09. The minimum absolute atomic E-state index is 0.150. The molecule has 1 saturated heterocycles. The van der Waals surface area contributed by atoms with Crippen molar-refractivity contribution >= 4 is 16.7 Å². The standard InChI is InChI=1S/C13H24N2O2S/c1-9(2)11-14-13(6-7-13)12(16)15(11)8-5-10(3)18(4)17/h9-11,14H,5-8H2,1-4H3. The van der Waals surface area contributed by atoms with Gasteiger partial charge in [-0.3, -0.25) is 14.3 Å². The number of amides is 1. The van der Waals surface area contributed by atoms with Crippen LogP contribution in [0.1, 0.15) is 40.0 Å². The molecule has 0 aromatic rings. The molecule has 0 radical (unpaired) electrons. The average Bonchev–Trinajstić information content (AvgIpc) is 3.01. The van der Waals surface area contributed by atoms with Crippen molar-refractivity contribution in [2.24, 2.45) is 5.92 Å². The summed E-state index contributed by atoms with van der Waals surface area (Å²) in [5.74, 6) is 0.673. The summed E-state index contributed by atoms with van der Waals surface area (Å²) < 4.78 is 11.4. The summed E-state index contributed by atoms with van der Waals surface area (Å²) in [5.41, 5.74) is -0.233. The number of carbonyl (C=O) groups is 1. The van der Waals surface area contributed by atoms with Gasteiger partial charge in [0.25, 0.3) is 0 Å². The van der Waals surface area contributed by atoms with Gasteiger partial charge in [0.2, 0.25) is 5.91 Å². The van der Waals surface area contributed by atoms with E-state index in [1.165, 1.54) is 0 Å². The molecular weight excluding hydrogens is 248 g/mol. The van der Waals surface area contributed by atoms with Crippen molar-refractivity contribution in [3.05, 3.63) is 0 Å². The third-order valence-electron chi connectivity index (χ3n) is 4.15. The van der Waals surface area contributed by atoms with Gasteiger partial charge in [-0.15, -0.1) is 0 Å². The fraction of sp³-hybridized carbons (Fsp3) is 0.923. The second-order valence-corrected chi connectivity index (χ2v) is 7.81. The Morgan fingerprint density at radius 1 is 1.44 bits per heavy atom. The summed E-state index contributed by atoms with van der Waals surface area (Å²) in [7, 11) is -0.805. The average molecular weight is 272 g/mol. The van der Waals surface area contributed by atoms with Crippen molar-refractivity contribution in [3.63, 3.8) is 0 Å². The van der Waals surface area contributed by atoms with E-state index in [1.807, 2.05) is 11.8 Å². The zero-order valence-corrected chi connectivity index (χ0v) is 12.5. The van der Waals surface area contributed by atoms with E-state index < -0.39 is 10.8 Å². The van der Waals surface area contributed by atoms with Crippen LogP contribution in [0.3, 0.4) is 0 Å². The van der Waals surface area contributed by atoms with Gasteiger partial charge in [0.1, 0.15) is 0 Å². The van der Waals surface area contributed by atoms with Crippen LogP contribution in [0.5, 0.6) is 0 Å². The highest BCUT2D eigenvalue weighted by molar-refractivity contribution is 7.84. The van der Waals surface area contributed by atoms with Crippen LogP contribution < -0.4 is 5.32 Å². The Bertz CT molecular complexity index is 366. The fourth-order valence-corrected chi connectivity index (χ4v) is 3.00. The highest BCUT2D eigenvalue weighted by Crippen LogP contribution is 2.43. The molecule has 1 aliphatic heterocycles. The SMILES string of the molecule is CC(C)C1NC2(CC2)C(=O)N1CCC(C)S(C)=O. The third-order valence-corrected chi connectivity index (χ3v) is 5.52. The van der Waals surface area contributed by atoms with Crippen LogP contribution in [0, 0.1) is 5.92 Å². The number of hydrogen-bond donors (Lipinski definition) is 1. The van der Waals surface area contributed by atoms with Crippen LogP contribution in [0.2, 0.25) is 0 Å². The lowest BCUT2D eigenvalue weighted by atomic mass is 10.1. The third kappa shape index (κ3) is 2.48. The highest BCUT2D eigenvalue weighted by atomic mass is 32.2. The summed E-state index contributed by atoms with van der Waals surface area (Å²) in [4.78, 5) is 14.3. The Morgan fingerprint density at radius 3 is 2.50 bits per heavy atom. The molecule has 1 heterocycles. The number of hydrogen-bond acceptors (Lipinski definition) is 3. The van der Waals surface area contributed by atoms with Gasteiger partial charge >= 0.3 is 0 Å². The van der Waals surface area contributed by atoms with Gasteiger partial charge in [-0.1, -0.05) is 20.8 Å². The molecule has 3 unspecified atom stereocenters. The first kappa shape index (κ1) is 14.0. The van der Waals surface area contributed by atoms with Crippen molar-refractivity contribution < 1.29 is 9.00 Å². The molecule has 18 heavy (non-hydrogen) atoms. The van der Waals surface area contributed by atoms with Crippen LogP contribution in [-0.4, -0.2) is 44.8 Å². The second-order valence-electron chi connectivity index (χ2n) is 6.01. The van der Waals surface area contributed by atoms with Crippen LogP contribution >= 0.6 is 0 Å². The van der Waals surface area contributed by atoms with Gasteiger partial charge in [-0.05, 0) is 25.2 Å². The molecule has 0 bridgehead atoms. The van der Waals surface area contributed by atoms with Gasteiger partial charge < -0.3 is 4.90 Å². The van der Waals surface area contributed by atoms with Crippen LogP contribution in [-0.2, 0) is 15.6 Å². The van der Waals surface area contributed by atoms with Crippen LogP contribution in [0.25, 0.3) is 0 Å². The molecule has 2 fully saturated rings. The van der Waals surface area contributed by atoms with Crippen molar-refractivity contribution in [3.8, 4) is 0 Å². The van der Waals surface area contributed by atoms with Crippen molar-refractivity contribution in [2.75, 3.05) is 12.8 Å². The van der Waals surface area contributed by atoms with Crippen LogP contribution in [0.4, 0.5) is 0 Å². The van der Waals surface area contributed by atoms with Crippen LogP contribution in [0.15, 0.2) is 0 Å². The molecule has 3 atom stereocenters. The fourth-order valence-electron chi connectivity index (χ4n) is 2.56. The van der Waals surface area contributed by atoms with Gasteiger partial charge in [0, 0.05) is 28.9 Å². The normalized spacial score (nSPS) is 29.1. The molecule has 5 heteroatoms. The molecule has 2 aliphatic rings.